The number of hydrogen-bond donors (Lipinski definition) is 3. The predicted octanol–water partition coefficient (Wildman–Crippen LogP) is -0.298. The number of aliphatic carboxylic acids is 2. The summed E-state index contributed by atoms with van der Waals surface area (Å²) in [5.41, 5.74) is -0.0568. The number of thioether (sulfide) groups is 1. The molecule has 0 spiro atoms. The third-order valence-electron chi connectivity index (χ3n) is 1.32. The quantitative estimate of drug-likeness (QED) is 0.553. The summed E-state index contributed by atoms with van der Waals surface area (Å²) < 4.78 is 0. The summed E-state index contributed by atoms with van der Waals surface area (Å²) in [4.78, 5) is 20.8. The van der Waals surface area contributed by atoms with Crippen LogP contribution < -0.4 is 5.32 Å². The number of hydrogen-bond acceptors (Lipinski definition) is 4. The van der Waals surface area contributed by atoms with Gasteiger partial charge in [-0.15, -0.1) is 11.8 Å². The molecule has 0 aromatic carbocycles. The molecule has 3 N–H and O–H groups in total. The SMILES string of the molecule is O=C(O)C1=CSC[C@@H](C(=O)O)N1. The van der Waals surface area contributed by atoms with Crippen molar-refractivity contribution in [3.63, 3.8) is 0 Å². The summed E-state index contributed by atoms with van der Waals surface area (Å²) in [6, 6.07) is -0.800. The van der Waals surface area contributed by atoms with Gasteiger partial charge in [0.25, 0.3) is 0 Å². The summed E-state index contributed by atoms with van der Waals surface area (Å²) in [6.07, 6.45) is 0. The van der Waals surface area contributed by atoms with E-state index in [1.807, 2.05) is 0 Å². The van der Waals surface area contributed by atoms with Crippen LogP contribution in [-0.4, -0.2) is 33.9 Å². The average molecular weight is 189 g/mol. The Morgan fingerprint density at radius 2 is 2.25 bits per heavy atom. The van der Waals surface area contributed by atoms with Gasteiger partial charge in [-0.2, -0.15) is 0 Å². The zero-order chi connectivity index (χ0) is 9.14. The number of nitrogens with one attached hydrogen (secondary N) is 1. The van der Waals surface area contributed by atoms with Gasteiger partial charge in [0, 0.05) is 11.2 Å². The highest BCUT2D eigenvalue weighted by Crippen LogP contribution is 2.14. The maximum Gasteiger partial charge on any atom is 0.352 e. The van der Waals surface area contributed by atoms with Gasteiger partial charge in [-0.05, 0) is 0 Å². The molecule has 6 heteroatoms. The fraction of sp³-hybridized carbons (Fsp3) is 0.333. The third-order valence-corrected chi connectivity index (χ3v) is 2.25. The van der Waals surface area contributed by atoms with E-state index in [1.54, 1.807) is 0 Å². The van der Waals surface area contributed by atoms with Crippen LogP contribution in [0.4, 0.5) is 0 Å². The number of carboxylic acid groups (broad SMARTS) is 2. The van der Waals surface area contributed by atoms with Crippen molar-refractivity contribution in [2.24, 2.45) is 0 Å². The van der Waals surface area contributed by atoms with E-state index in [1.165, 1.54) is 17.2 Å². The van der Waals surface area contributed by atoms with Crippen molar-refractivity contribution in [1.82, 2.24) is 5.32 Å². The summed E-state index contributed by atoms with van der Waals surface area (Å²) >= 11 is 1.18. The lowest BCUT2D eigenvalue weighted by molar-refractivity contribution is -0.138. The lowest BCUT2D eigenvalue weighted by Crippen LogP contribution is -2.41. The second-order valence-corrected chi connectivity index (χ2v) is 3.11. The maximum absolute atomic E-state index is 10.4. The van der Waals surface area contributed by atoms with Gasteiger partial charge in [0.05, 0.1) is 0 Å². The molecule has 0 unspecified atom stereocenters. The lowest BCUT2D eigenvalue weighted by Gasteiger charge is -2.18. The largest absolute Gasteiger partial charge is 0.480 e. The zero-order valence-electron chi connectivity index (χ0n) is 5.98. The van der Waals surface area contributed by atoms with Crippen molar-refractivity contribution < 1.29 is 19.8 Å². The van der Waals surface area contributed by atoms with E-state index in [9.17, 15) is 9.59 Å². The Kier molecular flexibility index (Phi) is 2.59. The van der Waals surface area contributed by atoms with Crippen molar-refractivity contribution in [2.75, 3.05) is 5.75 Å². The van der Waals surface area contributed by atoms with E-state index in [2.05, 4.69) is 5.32 Å². The zero-order valence-corrected chi connectivity index (χ0v) is 6.80. The van der Waals surface area contributed by atoms with Crippen molar-refractivity contribution in [1.29, 1.82) is 0 Å². The molecule has 0 aromatic rings. The van der Waals surface area contributed by atoms with Gasteiger partial charge < -0.3 is 15.5 Å². The predicted molar refractivity (Wildman–Crippen MR) is 42.7 cm³/mol. The summed E-state index contributed by atoms with van der Waals surface area (Å²) in [7, 11) is 0. The Labute approximate surface area is 72.5 Å². The fourth-order valence-corrected chi connectivity index (χ4v) is 1.59. The second kappa shape index (κ2) is 3.48. The molecule has 12 heavy (non-hydrogen) atoms. The minimum Gasteiger partial charge on any atom is -0.480 e. The summed E-state index contributed by atoms with van der Waals surface area (Å²) in [6.45, 7) is 0. The molecule has 0 fully saturated rings. The molecule has 1 atom stereocenters. The molecule has 66 valence electrons. The number of carbonyl (C=O) groups is 2. The van der Waals surface area contributed by atoms with Gasteiger partial charge in [-0.1, -0.05) is 0 Å². The Morgan fingerprint density at radius 3 is 2.75 bits per heavy atom. The molecule has 1 heterocycles. The van der Waals surface area contributed by atoms with E-state index < -0.39 is 18.0 Å². The van der Waals surface area contributed by atoms with Crippen LogP contribution in [-0.2, 0) is 9.59 Å². The maximum atomic E-state index is 10.4. The number of rotatable bonds is 2. The normalized spacial score (nSPS) is 22.3. The monoisotopic (exact) mass is 189 g/mol. The first kappa shape index (κ1) is 8.92. The first-order valence-corrected chi connectivity index (χ1v) is 4.20. The molecular weight excluding hydrogens is 182 g/mol. The fourth-order valence-electron chi connectivity index (χ4n) is 0.736. The van der Waals surface area contributed by atoms with Gasteiger partial charge >= 0.3 is 11.9 Å². The molecule has 0 aliphatic carbocycles. The summed E-state index contributed by atoms with van der Waals surface area (Å²) in [5, 5.41) is 20.8. The molecular formula is C6H7NO4S. The van der Waals surface area contributed by atoms with E-state index >= 15 is 0 Å². The van der Waals surface area contributed by atoms with Gasteiger partial charge in [-0.3, -0.25) is 0 Å². The van der Waals surface area contributed by atoms with Crippen LogP contribution in [0.2, 0.25) is 0 Å². The molecule has 0 radical (unpaired) electrons. The molecule has 0 bridgehead atoms. The smallest absolute Gasteiger partial charge is 0.352 e. The molecule has 0 aromatic heterocycles. The van der Waals surface area contributed by atoms with Gasteiger partial charge in [-0.25, -0.2) is 9.59 Å². The van der Waals surface area contributed by atoms with Crippen molar-refractivity contribution in [3.8, 4) is 0 Å². The Balaban J connectivity index is 2.65. The van der Waals surface area contributed by atoms with Crippen molar-refractivity contribution >= 4 is 23.7 Å². The molecule has 1 aliphatic heterocycles. The van der Waals surface area contributed by atoms with Crippen molar-refractivity contribution in [3.05, 3.63) is 11.1 Å². The van der Waals surface area contributed by atoms with Gasteiger partial charge in [0.2, 0.25) is 0 Å². The lowest BCUT2D eigenvalue weighted by atomic mass is 10.3. The average Bonchev–Trinajstić information content (AvgIpc) is 2.04. The highest BCUT2D eigenvalue weighted by atomic mass is 32.2. The highest BCUT2D eigenvalue weighted by Gasteiger charge is 2.23. The van der Waals surface area contributed by atoms with Crippen LogP contribution in [0.25, 0.3) is 0 Å². The molecule has 1 rings (SSSR count). The van der Waals surface area contributed by atoms with Gasteiger partial charge in [0.15, 0.2) is 0 Å². The molecule has 5 nitrogen and oxygen atoms in total. The minimum absolute atomic E-state index is 0.0568. The van der Waals surface area contributed by atoms with Crippen LogP contribution in [0.15, 0.2) is 11.1 Å². The van der Waals surface area contributed by atoms with Crippen LogP contribution in [0, 0.1) is 0 Å². The van der Waals surface area contributed by atoms with E-state index in [-0.39, 0.29) is 5.70 Å². The first-order chi connectivity index (χ1) is 5.61. The van der Waals surface area contributed by atoms with Crippen LogP contribution >= 0.6 is 11.8 Å². The molecule has 0 amide bonds. The summed E-state index contributed by atoms with van der Waals surface area (Å²) in [5.74, 6) is -1.81. The Bertz CT molecular complexity index is 250. The standard InChI is InChI=1S/C6H7NO4S/c8-5(9)3-1-12-2-4(7-3)6(10)11/h1,4,7H,2H2,(H,8,9)(H,10,11)/t4-/m0/s1. The molecule has 0 saturated carbocycles. The topological polar surface area (TPSA) is 86.6 Å². The first-order valence-electron chi connectivity index (χ1n) is 3.15. The highest BCUT2D eigenvalue weighted by molar-refractivity contribution is 8.02. The van der Waals surface area contributed by atoms with Crippen LogP contribution in [0.3, 0.4) is 0 Å². The van der Waals surface area contributed by atoms with Gasteiger partial charge in [0.1, 0.15) is 11.7 Å². The van der Waals surface area contributed by atoms with Crippen LogP contribution in [0.1, 0.15) is 0 Å². The Morgan fingerprint density at radius 1 is 1.58 bits per heavy atom. The third kappa shape index (κ3) is 1.91. The van der Waals surface area contributed by atoms with E-state index in [0.717, 1.165) is 0 Å². The number of carboxylic acids is 2. The second-order valence-electron chi connectivity index (χ2n) is 2.21. The minimum atomic E-state index is -1.13. The molecule has 0 saturated heterocycles. The van der Waals surface area contributed by atoms with E-state index in [4.69, 9.17) is 10.2 Å². The molecule has 1 aliphatic rings. The Hall–Kier alpha value is -1.17. The van der Waals surface area contributed by atoms with E-state index in [0.29, 0.717) is 5.75 Å². The van der Waals surface area contributed by atoms with Crippen LogP contribution in [0.5, 0.6) is 0 Å². The van der Waals surface area contributed by atoms with Crippen molar-refractivity contribution in [2.45, 2.75) is 6.04 Å².